The van der Waals surface area contributed by atoms with Crippen LogP contribution in [0, 0.1) is 11.3 Å². The van der Waals surface area contributed by atoms with Crippen LogP contribution in [0.3, 0.4) is 0 Å². The molecule has 0 atom stereocenters. The van der Waals surface area contributed by atoms with Crippen LogP contribution in [0.15, 0.2) is 0 Å². The summed E-state index contributed by atoms with van der Waals surface area (Å²) in [5.74, 6) is 0.755. The number of hydrogen-bond donors (Lipinski definition) is 1. The first-order valence-electron chi connectivity index (χ1n) is 8.59. The van der Waals surface area contributed by atoms with Gasteiger partial charge in [0.2, 0.25) is 0 Å². The van der Waals surface area contributed by atoms with Crippen molar-refractivity contribution in [1.29, 1.82) is 0 Å². The first-order chi connectivity index (χ1) is 9.63. The van der Waals surface area contributed by atoms with Gasteiger partial charge in [0, 0.05) is 33.3 Å². The predicted octanol–water partition coefficient (Wildman–Crippen LogP) is 2.90. The molecule has 0 aromatic heterocycles. The number of hydrogen-bond acceptors (Lipinski definition) is 3. The molecule has 3 nitrogen and oxygen atoms in total. The highest BCUT2D eigenvalue weighted by Crippen LogP contribution is 2.38. The molecule has 1 aliphatic carbocycles. The van der Waals surface area contributed by atoms with Crippen LogP contribution in [0.2, 0.25) is 0 Å². The molecule has 1 aliphatic heterocycles. The molecular weight excluding hydrogens is 248 g/mol. The van der Waals surface area contributed by atoms with E-state index in [1.165, 1.54) is 64.7 Å². The van der Waals surface area contributed by atoms with E-state index >= 15 is 0 Å². The highest BCUT2D eigenvalue weighted by molar-refractivity contribution is 4.90. The molecule has 2 fully saturated rings. The summed E-state index contributed by atoms with van der Waals surface area (Å²) in [5.41, 5.74) is 0.550. The van der Waals surface area contributed by atoms with Crippen LogP contribution in [0.1, 0.15) is 52.4 Å². The Morgan fingerprint density at radius 2 is 1.85 bits per heavy atom. The third-order valence-electron chi connectivity index (χ3n) is 5.14. The Bertz CT molecular complexity index is 266. The molecule has 2 rings (SSSR count). The highest BCUT2D eigenvalue weighted by Gasteiger charge is 2.36. The summed E-state index contributed by atoms with van der Waals surface area (Å²) in [6.45, 7) is 10.7. The maximum atomic E-state index is 5.49. The summed E-state index contributed by atoms with van der Waals surface area (Å²) in [6, 6.07) is 0. The van der Waals surface area contributed by atoms with E-state index in [4.69, 9.17) is 4.74 Å². The molecule has 0 amide bonds. The molecule has 1 heterocycles. The zero-order valence-corrected chi connectivity index (χ0v) is 13.8. The molecule has 1 saturated carbocycles. The van der Waals surface area contributed by atoms with Gasteiger partial charge in [-0.05, 0) is 43.6 Å². The summed E-state index contributed by atoms with van der Waals surface area (Å²) in [4.78, 5) is 2.69. The van der Waals surface area contributed by atoms with Crippen LogP contribution < -0.4 is 5.32 Å². The number of nitrogens with zero attached hydrogens (tertiary/aromatic N) is 1. The molecule has 1 saturated heterocycles. The predicted molar refractivity (Wildman–Crippen MR) is 85.1 cm³/mol. The highest BCUT2D eigenvalue weighted by atomic mass is 16.5. The van der Waals surface area contributed by atoms with Crippen LogP contribution in [0.25, 0.3) is 0 Å². The van der Waals surface area contributed by atoms with Gasteiger partial charge in [0.15, 0.2) is 0 Å². The molecule has 3 heteroatoms. The first kappa shape index (κ1) is 16.3. The lowest BCUT2D eigenvalue weighted by Gasteiger charge is -2.39. The fourth-order valence-corrected chi connectivity index (χ4v) is 3.92. The van der Waals surface area contributed by atoms with Gasteiger partial charge in [-0.15, -0.1) is 0 Å². The fourth-order valence-electron chi connectivity index (χ4n) is 3.92. The number of likely N-dealkylation sites (tertiary alicyclic amines) is 1. The van der Waals surface area contributed by atoms with Crippen LogP contribution in [0.5, 0.6) is 0 Å². The normalized spacial score (nSPS) is 24.6. The number of rotatable bonds is 7. The van der Waals surface area contributed by atoms with Crippen molar-refractivity contribution in [3.05, 3.63) is 0 Å². The molecule has 20 heavy (non-hydrogen) atoms. The summed E-state index contributed by atoms with van der Waals surface area (Å²) in [7, 11) is 1.86. The van der Waals surface area contributed by atoms with Crippen LogP contribution in [-0.2, 0) is 4.74 Å². The Labute approximate surface area is 125 Å². The Balaban J connectivity index is 1.79. The standard InChI is InChI=1S/C17H34N2O/c1-15(2)12-18-13-17(8-4-5-9-17)14-19-10-6-16(20-3)7-11-19/h15-16,18H,4-14H2,1-3H3. The minimum absolute atomic E-state index is 0.504. The monoisotopic (exact) mass is 282 g/mol. The van der Waals surface area contributed by atoms with Gasteiger partial charge in [0.05, 0.1) is 6.10 Å². The molecule has 1 N–H and O–H groups in total. The van der Waals surface area contributed by atoms with Crippen molar-refractivity contribution in [3.8, 4) is 0 Å². The van der Waals surface area contributed by atoms with Crippen molar-refractivity contribution in [1.82, 2.24) is 10.2 Å². The Kier molecular flexibility index (Phi) is 6.31. The summed E-state index contributed by atoms with van der Waals surface area (Å²) >= 11 is 0. The number of nitrogens with one attached hydrogen (secondary N) is 1. The van der Waals surface area contributed by atoms with E-state index in [0.29, 0.717) is 11.5 Å². The zero-order valence-electron chi connectivity index (χ0n) is 13.8. The lowest BCUT2D eigenvalue weighted by atomic mass is 9.84. The van der Waals surface area contributed by atoms with Gasteiger partial charge in [0.1, 0.15) is 0 Å². The van der Waals surface area contributed by atoms with Crippen LogP contribution in [-0.4, -0.2) is 50.8 Å². The van der Waals surface area contributed by atoms with Gasteiger partial charge in [-0.2, -0.15) is 0 Å². The molecule has 0 aromatic carbocycles. The van der Waals surface area contributed by atoms with Gasteiger partial charge in [-0.25, -0.2) is 0 Å². The van der Waals surface area contributed by atoms with E-state index in [9.17, 15) is 0 Å². The Morgan fingerprint density at radius 1 is 1.20 bits per heavy atom. The Morgan fingerprint density at radius 3 is 2.40 bits per heavy atom. The molecule has 0 bridgehead atoms. The van der Waals surface area contributed by atoms with Crippen LogP contribution in [0.4, 0.5) is 0 Å². The zero-order chi connectivity index (χ0) is 14.4. The van der Waals surface area contributed by atoms with Gasteiger partial charge < -0.3 is 15.0 Å². The summed E-state index contributed by atoms with van der Waals surface area (Å²) in [6.07, 6.45) is 8.63. The van der Waals surface area contributed by atoms with Gasteiger partial charge >= 0.3 is 0 Å². The number of ether oxygens (including phenoxy) is 1. The largest absolute Gasteiger partial charge is 0.381 e. The Hall–Kier alpha value is -0.120. The average molecular weight is 282 g/mol. The van der Waals surface area contributed by atoms with Crippen molar-refractivity contribution < 1.29 is 4.74 Å². The van der Waals surface area contributed by atoms with E-state index in [1.54, 1.807) is 0 Å². The topological polar surface area (TPSA) is 24.5 Å². The number of piperidine rings is 1. The third kappa shape index (κ3) is 4.71. The van der Waals surface area contributed by atoms with Gasteiger partial charge in [0.25, 0.3) is 0 Å². The van der Waals surface area contributed by atoms with E-state index in [2.05, 4.69) is 24.1 Å². The molecule has 0 radical (unpaired) electrons. The van der Waals surface area contributed by atoms with E-state index in [1.807, 2.05) is 7.11 Å². The summed E-state index contributed by atoms with van der Waals surface area (Å²) in [5, 5.41) is 3.73. The second kappa shape index (κ2) is 7.77. The minimum atomic E-state index is 0.504. The van der Waals surface area contributed by atoms with E-state index < -0.39 is 0 Å². The molecule has 0 aromatic rings. The van der Waals surface area contributed by atoms with Crippen molar-refractivity contribution in [2.24, 2.45) is 11.3 Å². The van der Waals surface area contributed by atoms with Gasteiger partial charge in [-0.3, -0.25) is 0 Å². The SMILES string of the molecule is COC1CCN(CC2(CNCC(C)C)CCCC2)CC1. The molecule has 2 aliphatic rings. The number of methoxy groups -OCH3 is 1. The maximum absolute atomic E-state index is 5.49. The first-order valence-corrected chi connectivity index (χ1v) is 8.59. The lowest BCUT2D eigenvalue weighted by molar-refractivity contribution is 0.0263. The smallest absolute Gasteiger partial charge is 0.0595 e. The molecule has 0 spiro atoms. The lowest BCUT2D eigenvalue weighted by Crippen LogP contribution is -2.46. The molecule has 0 unspecified atom stereocenters. The second-order valence-electron chi connectivity index (χ2n) is 7.44. The van der Waals surface area contributed by atoms with Crippen molar-refractivity contribution >= 4 is 0 Å². The third-order valence-corrected chi connectivity index (χ3v) is 5.14. The van der Waals surface area contributed by atoms with Crippen molar-refractivity contribution in [2.75, 3.05) is 39.8 Å². The van der Waals surface area contributed by atoms with Crippen LogP contribution >= 0.6 is 0 Å². The van der Waals surface area contributed by atoms with E-state index in [0.717, 1.165) is 12.5 Å². The minimum Gasteiger partial charge on any atom is -0.381 e. The fraction of sp³-hybridized carbons (Fsp3) is 1.00. The van der Waals surface area contributed by atoms with E-state index in [-0.39, 0.29) is 0 Å². The second-order valence-corrected chi connectivity index (χ2v) is 7.44. The van der Waals surface area contributed by atoms with Crippen molar-refractivity contribution in [3.63, 3.8) is 0 Å². The molecular formula is C17H34N2O. The average Bonchev–Trinajstić information content (AvgIpc) is 2.88. The summed E-state index contributed by atoms with van der Waals surface area (Å²) < 4.78 is 5.49. The quantitative estimate of drug-likeness (QED) is 0.777. The van der Waals surface area contributed by atoms with Gasteiger partial charge in [-0.1, -0.05) is 26.7 Å². The molecule has 118 valence electrons. The maximum Gasteiger partial charge on any atom is 0.0595 e. The van der Waals surface area contributed by atoms with Crippen molar-refractivity contribution in [2.45, 2.75) is 58.5 Å².